The van der Waals surface area contributed by atoms with Crippen LogP contribution >= 0.6 is 8.15 Å². The van der Waals surface area contributed by atoms with Crippen molar-refractivity contribution in [1.29, 1.82) is 0 Å². The van der Waals surface area contributed by atoms with E-state index in [9.17, 15) is 19.9 Å². The van der Waals surface area contributed by atoms with Crippen molar-refractivity contribution < 1.29 is 25.0 Å². The standard InChI is InChI=1S/C12H26O2.C12H11OP.C7H6O2/c1-3-5-7-11(9-13)12(10-14)8-6-4-2;13-14(11-7-3-1-4-8-11)12-9-5-2-6-10-12;8-7(9)6-4-2-1-3-5-6/h11-14H,3-10H2,1-2H3;1-10,13H;1-5H,(H,8,9). The number of carboxylic acid groups (broad SMARTS) is 1. The Kier molecular flexibility index (Phi) is 18.0. The van der Waals surface area contributed by atoms with Crippen molar-refractivity contribution in [3.8, 4) is 0 Å². The molecule has 0 spiro atoms. The summed E-state index contributed by atoms with van der Waals surface area (Å²) in [4.78, 5) is 20.3. The zero-order chi connectivity index (χ0) is 27.3. The molecular formula is C31H43O5P. The van der Waals surface area contributed by atoms with Gasteiger partial charge in [-0.05, 0) is 36.8 Å². The third-order valence-electron chi connectivity index (χ3n) is 6.01. The second-order valence-corrected chi connectivity index (χ2v) is 10.5. The maximum atomic E-state index is 10.2. The SMILES string of the molecule is CCCCC(CO)C(CO)CCCC.O=C(O)c1ccccc1.OP(c1ccccc1)c1ccccc1. The lowest BCUT2D eigenvalue weighted by atomic mass is 9.85. The Hall–Kier alpha value is -2.56. The van der Waals surface area contributed by atoms with E-state index in [-0.39, 0.29) is 13.2 Å². The lowest BCUT2D eigenvalue weighted by Gasteiger charge is -2.23. The van der Waals surface area contributed by atoms with Crippen molar-refractivity contribution in [1.82, 2.24) is 0 Å². The Morgan fingerprint density at radius 3 is 1.30 bits per heavy atom. The van der Waals surface area contributed by atoms with Gasteiger partial charge in [0.15, 0.2) is 0 Å². The number of benzene rings is 3. The monoisotopic (exact) mass is 526 g/mol. The minimum Gasteiger partial charge on any atom is -0.478 e. The molecule has 37 heavy (non-hydrogen) atoms. The summed E-state index contributed by atoms with van der Waals surface area (Å²) in [6.45, 7) is 4.78. The van der Waals surface area contributed by atoms with Crippen molar-refractivity contribution >= 4 is 24.7 Å². The predicted molar refractivity (Wildman–Crippen MR) is 155 cm³/mol. The second kappa shape index (κ2) is 20.5. The number of carboxylic acids is 1. The number of hydrogen-bond donors (Lipinski definition) is 4. The van der Waals surface area contributed by atoms with E-state index in [1.165, 1.54) is 12.8 Å². The van der Waals surface area contributed by atoms with Crippen molar-refractivity contribution in [2.45, 2.75) is 52.4 Å². The molecule has 0 saturated carbocycles. The van der Waals surface area contributed by atoms with Crippen molar-refractivity contribution in [3.63, 3.8) is 0 Å². The van der Waals surface area contributed by atoms with Crippen LogP contribution < -0.4 is 10.6 Å². The topological polar surface area (TPSA) is 98.0 Å². The molecule has 0 bridgehead atoms. The van der Waals surface area contributed by atoms with E-state index in [1.807, 2.05) is 60.7 Å². The van der Waals surface area contributed by atoms with Gasteiger partial charge in [-0.2, -0.15) is 0 Å². The van der Waals surface area contributed by atoms with Crippen LogP contribution in [0.1, 0.15) is 62.7 Å². The molecule has 0 aliphatic heterocycles. The summed E-state index contributed by atoms with van der Waals surface area (Å²) in [7, 11) is -1.17. The van der Waals surface area contributed by atoms with Gasteiger partial charge in [-0.3, -0.25) is 0 Å². The maximum absolute atomic E-state index is 10.2. The third kappa shape index (κ3) is 13.5. The van der Waals surface area contributed by atoms with Crippen LogP contribution in [0.2, 0.25) is 0 Å². The van der Waals surface area contributed by atoms with Gasteiger partial charge in [0.25, 0.3) is 0 Å². The van der Waals surface area contributed by atoms with Crippen LogP contribution in [0, 0.1) is 11.8 Å². The largest absolute Gasteiger partial charge is 0.478 e. The molecule has 0 saturated heterocycles. The van der Waals surface area contributed by atoms with Gasteiger partial charge in [-0.25, -0.2) is 4.79 Å². The molecule has 0 amide bonds. The van der Waals surface area contributed by atoms with Crippen LogP contribution in [-0.2, 0) is 0 Å². The van der Waals surface area contributed by atoms with Gasteiger partial charge < -0.3 is 20.2 Å². The summed E-state index contributed by atoms with van der Waals surface area (Å²) in [6, 6.07) is 27.8. The second-order valence-electron chi connectivity index (χ2n) is 8.82. The first-order valence-electron chi connectivity index (χ1n) is 13.1. The molecule has 3 aromatic rings. The Labute approximate surface area is 223 Å². The van der Waals surface area contributed by atoms with Gasteiger partial charge in [0.05, 0.1) is 13.7 Å². The zero-order valence-corrected chi connectivity index (χ0v) is 23.0. The van der Waals surface area contributed by atoms with Crippen LogP contribution in [0.4, 0.5) is 0 Å². The minimum absolute atomic E-state index is 0.231. The third-order valence-corrected chi connectivity index (χ3v) is 7.59. The highest BCUT2D eigenvalue weighted by molar-refractivity contribution is 7.67. The zero-order valence-electron chi connectivity index (χ0n) is 22.1. The molecule has 0 aromatic heterocycles. The first-order chi connectivity index (χ1) is 18.0. The quantitative estimate of drug-likeness (QED) is 0.217. The average Bonchev–Trinajstić information content (AvgIpc) is 2.96. The molecule has 0 heterocycles. The molecular weight excluding hydrogens is 483 g/mol. The number of carbonyl (C=O) groups is 1. The van der Waals surface area contributed by atoms with E-state index in [2.05, 4.69) is 13.8 Å². The average molecular weight is 527 g/mol. The van der Waals surface area contributed by atoms with Gasteiger partial charge in [-0.1, -0.05) is 118 Å². The number of aliphatic hydroxyl groups excluding tert-OH is 2. The summed E-state index contributed by atoms with van der Waals surface area (Å²) in [5.41, 5.74) is 0.331. The highest BCUT2D eigenvalue weighted by Crippen LogP contribution is 2.27. The molecule has 0 fully saturated rings. The first kappa shape index (κ1) is 32.5. The lowest BCUT2D eigenvalue weighted by molar-refractivity contribution is 0.0697. The van der Waals surface area contributed by atoms with Crippen molar-refractivity contribution in [2.75, 3.05) is 13.2 Å². The van der Waals surface area contributed by atoms with E-state index in [0.717, 1.165) is 36.3 Å². The minimum atomic E-state index is -1.17. The van der Waals surface area contributed by atoms with E-state index < -0.39 is 14.1 Å². The molecule has 3 rings (SSSR count). The van der Waals surface area contributed by atoms with Crippen LogP contribution in [0.25, 0.3) is 0 Å². The van der Waals surface area contributed by atoms with E-state index >= 15 is 0 Å². The first-order valence-corrected chi connectivity index (χ1v) is 14.4. The Morgan fingerprint density at radius 1 is 0.676 bits per heavy atom. The Bertz CT molecular complexity index is 884. The van der Waals surface area contributed by atoms with Crippen LogP contribution in [-0.4, -0.2) is 39.4 Å². The number of hydrogen-bond acceptors (Lipinski definition) is 4. The molecule has 2 atom stereocenters. The summed E-state index contributed by atoms with van der Waals surface area (Å²) >= 11 is 0. The number of unbranched alkanes of at least 4 members (excludes halogenated alkanes) is 2. The molecule has 202 valence electrons. The van der Waals surface area contributed by atoms with Gasteiger partial charge in [0.2, 0.25) is 0 Å². The van der Waals surface area contributed by atoms with Gasteiger partial charge >= 0.3 is 5.97 Å². The summed E-state index contributed by atoms with van der Waals surface area (Å²) in [6.07, 6.45) is 6.77. The van der Waals surface area contributed by atoms with E-state index in [4.69, 9.17) is 5.11 Å². The maximum Gasteiger partial charge on any atom is 0.335 e. The van der Waals surface area contributed by atoms with Crippen LogP contribution in [0.5, 0.6) is 0 Å². The fourth-order valence-corrected chi connectivity index (χ4v) is 4.96. The van der Waals surface area contributed by atoms with Gasteiger partial charge in [0, 0.05) is 23.8 Å². The lowest BCUT2D eigenvalue weighted by Crippen LogP contribution is -2.22. The fourth-order valence-electron chi connectivity index (χ4n) is 3.75. The summed E-state index contributed by atoms with van der Waals surface area (Å²) < 4.78 is 0. The van der Waals surface area contributed by atoms with Crippen LogP contribution in [0.15, 0.2) is 91.0 Å². The highest BCUT2D eigenvalue weighted by atomic mass is 31.1. The number of aromatic carboxylic acids is 1. The van der Waals surface area contributed by atoms with Crippen molar-refractivity contribution in [2.24, 2.45) is 11.8 Å². The molecule has 5 nitrogen and oxygen atoms in total. The number of aliphatic hydroxyl groups is 2. The van der Waals surface area contributed by atoms with E-state index in [0.29, 0.717) is 17.4 Å². The molecule has 4 N–H and O–H groups in total. The van der Waals surface area contributed by atoms with Crippen LogP contribution in [0.3, 0.4) is 0 Å². The molecule has 0 aliphatic rings. The normalized spacial score (nSPS) is 11.9. The highest BCUT2D eigenvalue weighted by Gasteiger charge is 2.18. The van der Waals surface area contributed by atoms with Crippen molar-refractivity contribution in [3.05, 3.63) is 96.6 Å². The Morgan fingerprint density at radius 2 is 1.03 bits per heavy atom. The number of rotatable bonds is 12. The van der Waals surface area contributed by atoms with Gasteiger partial charge in [-0.15, -0.1) is 0 Å². The Balaban J connectivity index is 0.000000285. The molecule has 6 heteroatoms. The van der Waals surface area contributed by atoms with Gasteiger partial charge in [0.1, 0.15) is 0 Å². The molecule has 3 aromatic carbocycles. The molecule has 0 radical (unpaired) electrons. The summed E-state index contributed by atoms with van der Waals surface area (Å²) in [5, 5.41) is 28.9. The summed E-state index contributed by atoms with van der Waals surface area (Å²) in [5.74, 6) is -0.256. The smallest absolute Gasteiger partial charge is 0.335 e. The molecule has 0 aliphatic carbocycles. The molecule has 2 unspecified atom stereocenters. The fraction of sp³-hybridized carbons (Fsp3) is 0.387. The predicted octanol–water partition coefficient (Wildman–Crippen LogP) is 6.00. The van der Waals surface area contributed by atoms with E-state index in [1.54, 1.807) is 30.3 Å².